The van der Waals surface area contributed by atoms with Gasteiger partial charge in [0, 0.05) is 11.3 Å². The van der Waals surface area contributed by atoms with E-state index in [4.69, 9.17) is 4.74 Å². The molecule has 0 bridgehead atoms. The van der Waals surface area contributed by atoms with Crippen LogP contribution in [-0.2, 0) is 17.6 Å². The van der Waals surface area contributed by atoms with E-state index in [1.807, 2.05) is 6.08 Å². The van der Waals surface area contributed by atoms with E-state index in [-0.39, 0.29) is 0 Å². The van der Waals surface area contributed by atoms with Crippen molar-refractivity contribution in [2.24, 2.45) is 0 Å². The largest absolute Gasteiger partial charge is 0.373 e. The van der Waals surface area contributed by atoms with Gasteiger partial charge in [-0.15, -0.1) is 6.58 Å². The van der Waals surface area contributed by atoms with Gasteiger partial charge in [-0.1, -0.05) is 17.8 Å². The highest BCUT2D eigenvalue weighted by atomic mass is 32.2. The van der Waals surface area contributed by atoms with Gasteiger partial charge in [-0.2, -0.15) is 5.26 Å². The predicted molar refractivity (Wildman–Crippen MR) is 88.3 cm³/mol. The number of aromatic amines is 1. The second kappa shape index (κ2) is 7.17. The van der Waals surface area contributed by atoms with E-state index >= 15 is 0 Å². The molecule has 0 saturated carbocycles. The number of nitrogens with one attached hydrogen (secondary N) is 1. The average Bonchev–Trinajstić information content (AvgIpc) is 2.59. The Morgan fingerprint density at radius 2 is 2.00 bits per heavy atom. The van der Waals surface area contributed by atoms with E-state index in [1.165, 1.54) is 29.8 Å². The van der Waals surface area contributed by atoms with Gasteiger partial charge in [0.05, 0.1) is 13.2 Å². The van der Waals surface area contributed by atoms with Crippen molar-refractivity contribution in [3.05, 3.63) is 29.3 Å². The molecule has 4 nitrogen and oxygen atoms in total. The topological polar surface area (TPSA) is 50.4 Å². The van der Waals surface area contributed by atoms with Gasteiger partial charge in [0.2, 0.25) is 0 Å². The van der Waals surface area contributed by atoms with Gasteiger partial charge in [0.25, 0.3) is 5.82 Å². The van der Waals surface area contributed by atoms with Crippen molar-refractivity contribution in [2.45, 2.75) is 30.7 Å². The van der Waals surface area contributed by atoms with Crippen molar-refractivity contribution in [1.82, 2.24) is 0 Å². The number of nitrogens with zero attached hydrogens (tertiary/aromatic N) is 2. The number of anilines is 1. The Kier molecular flexibility index (Phi) is 5.01. The summed E-state index contributed by atoms with van der Waals surface area (Å²) in [4.78, 5) is 5.94. The van der Waals surface area contributed by atoms with Crippen molar-refractivity contribution in [1.29, 1.82) is 5.26 Å². The first kappa shape index (κ1) is 15.4. The zero-order chi connectivity index (χ0) is 15.4. The van der Waals surface area contributed by atoms with E-state index in [2.05, 4.69) is 22.5 Å². The number of ether oxygens (including phenoxy) is 1. The fourth-order valence-electron chi connectivity index (χ4n) is 3.25. The number of hydrogen-bond donors (Lipinski definition) is 0. The van der Waals surface area contributed by atoms with Gasteiger partial charge in [0.1, 0.15) is 24.7 Å². The standard InChI is InChI=1S/C17H21N3OS/c1-2-11-22-17-15(12-18)13-5-3-4-6-14(13)16(19-17)20-7-9-21-10-8-20/h2H,1,3-11H2/p+1. The molecule has 0 aromatic carbocycles. The third-order valence-electron chi connectivity index (χ3n) is 4.30. The molecule has 116 valence electrons. The number of morpholine rings is 1. The lowest BCUT2D eigenvalue weighted by Gasteiger charge is -2.26. The molecular weight excluding hydrogens is 294 g/mol. The molecule has 1 saturated heterocycles. The molecule has 1 aliphatic heterocycles. The summed E-state index contributed by atoms with van der Waals surface area (Å²) in [6, 6.07) is 2.43. The molecule has 0 spiro atoms. The Bertz CT molecular complexity index is 603. The van der Waals surface area contributed by atoms with Crippen molar-refractivity contribution >= 4 is 17.6 Å². The maximum atomic E-state index is 9.63. The van der Waals surface area contributed by atoms with Gasteiger partial charge in [0.15, 0.2) is 5.03 Å². The second-order valence-electron chi connectivity index (χ2n) is 5.65. The van der Waals surface area contributed by atoms with Crippen LogP contribution in [0.5, 0.6) is 0 Å². The van der Waals surface area contributed by atoms with E-state index in [0.29, 0.717) is 0 Å². The zero-order valence-electron chi connectivity index (χ0n) is 12.9. The molecule has 2 aliphatic rings. The summed E-state index contributed by atoms with van der Waals surface area (Å²) in [6.45, 7) is 7.17. The number of rotatable bonds is 4. The van der Waals surface area contributed by atoms with Gasteiger partial charge in [-0.3, -0.25) is 4.90 Å². The van der Waals surface area contributed by atoms with Crippen LogP contribution in [0.25, 0.3) is 0 Å². The summed E-state index contributed by atoms with van der Waals surface area (Å²) in [5, 5.41) is 10.6. The summed E-state index contributed by atoms with van der Waals surface area (Å²) in [5.74, 6) is 2.02. The maximum absolute atomic E-state index is 9.63. The highest BCUT2D eigenvalue weighted by Gasteiger charge is 2.30. The number of fused-ring (bicyclic) bond motifs is 1. The van der Waals surface area contributed by atoms with Gasteiger partial charge in [-0.05, 0) is 31.2 Å². The number of nitriles is 1. The molecule has 1 fully saturated rings. The second-order valence-corrected chi connectivity index (χ2v) is 6.68. The zero-order valence-corrected chi connectivity index (χ0v) is 13.7. The van der Waals surface area contributed by atoms with Crippen molar-refractivity contribution in [3.63, 3.8) is 0 Å². The van der Waals surface area contributed by atoms with E-state index in [1.54, 1.807) is 11.8 Å². The minimum Gasteiger partial charge on any atom is -0.373 e. The quantitative estimate of drug-likeness (QED) is 0.632. The van der Waals surface area contributed by atoms with Crippen molar-refractivity contribution in [3.8, 4) is 6.07 Å². The number of aromatic nitrogens is 1. The first-order valence-corrected chi connectivity index (χ1v) is 8.91. The van der Waals surface area contributed by atoms with Gasteiger partial charge >= 0.3 is 0 Å². The Morgan fingerprint density at radius 1 is 1.27 bits per heavy atom. The molecule has 0 unspecified atom stereocenters. The summed E-state index contributed by atoms with van der Waals surface area (Å²) < 4.78 is 5.48. The van der Waals surface area contributed by atoms with E-state index in [0.717, 1.165) is 55.5 Å². The number of pyridine rings is 1. The molecule has 0 atom stereocenters. The fraction of sp³-hybridized carbons (Fsp3) is 0.529. The Morgan fingerprint density at radius 3 is 2.68 bits per heavy atom. The van der Waals surface area contributed by atoms with Crippen LogP contribution in [0.4, 0.5) is 5.82 Å². The molecule has 1 aromatic heterocycles. The van der Waals surface area contributed by atoms with E-state index in [9.17, 15) is 5.26 Å². The third-order valence-corrected chi connectivity index (χ3v) is 5.30. The van der Waals surface area contributed by atoms with Crippen molar-refractivity contribution in [2.75, 3.05) is 37.0 Å². The molecule has 22 heavy (non-hydrogen) atoms. The Labute approximate surface area is 136 Å². The summed E-state index contributed by atoms with van der Waals surface area (Å²) in [7, 11) is 0. The lowest BCUT2D eigenvalue weighted by molar-refractivity contribution is -0.414. The van der Waals surface area contributed by atoms with Crippen molar-refractivity contribution < 1.29 is 9.72 Å². The van der Waals surface area contributed by atoms with E-state index < -0.39 is 0 Å². The van der Waals surface area contributed by atoms with Crippen LogP contribution in [0, 0.1) is 11.3 Å². The highest BCUT2D eigenvalue weighted by molar-refractivity contribution is 7.99. The van der Waals surface area contributed by atoms with Crippen LogP contribution < -0.4 is 9.88 Å². The molecule has 5 heteroatoms. The predicted octanol–water partition coefficient (Wildman–Crippen LogP) is 2.37. The maximum Gasteiger partial charge on any atom is 0.278 e. The minimum atomic E-state index is 0.776. The normalized spacial score (nSPS) is 17.7. The average molecular weight is 316 g/mol. The molecule has 3 rings (SSSR count). The van der Waals surface area contributed by atoms with Crippen LogP contribution in [0.2, 0.25) is 0 Å². The first-order chi connectivity index (χ1) is 10.8. The monoisotopic (exact) mass is 316 g/mol. The smallest absolute Gasteiger partial charge is 0.278 e. The molecule has 2 heterocycles. The number of thioether (sulfide) groups is 1. The third kappa shape index (κ3) is 2.99. The number of hydrogen-bond acceptors (Lipinski definition) is 4. The Hall–Kier alpha value is -1.51. The van der Waals surface area contributed by atoms with Crippen LogP contribution in [-0.4, -0.2) is 32.1 Å². The lowest BCUT2D eigenvalue weighted by Crippen LogP contribution is -2.41. The number of H-pyrrole nitrogens is 1. The molecule has 0 radical (unpaired) electrons. The minimum absolute atomic E-state index is 0.776. The summed E-state index contributed by atoms with van der Waals surface area (Å²) in [5.41, 5.74) is 3.46. The van der Waals surface area contributed by atoms with Gasteiger partial charge in [-0.25, -0.2) is 4.98 Å². The fourth-order valence-corrected chi connectivity index (χ4v) is 4.02. The SMILES string of the molecule is C=CCSc1[nH+]c(N2CCOCC2)c2c(c1C#N)CCCC2. The lowest BCUT2D eigenvalue weighted by atomic mass is 9.89. The van der Waals surface area contributed by atoms with Crippen LogP contribution in [0.3, 0.4) is 0 Å². The molecule has 1 aromatic rings. The van der Waals surface area contributed by atoms with Crippen LogP contribution in [0.1, 0.15) is 29.5 Å². The van der Waals surface area contributed by atoms with Gasteiger partial charge < -0.3 is 4.74 Å². The molecule has 0 amide bonds. The molecule has 1 aliphatic carbocycles. The van der Waals surface area contributed by atoms with Crippen LogP contribution >= 0.6 is 11.8 Å². The summed E-state index contributed by atoms with van der Waals surface area (Å²) in [6.07, 6.45) is 6.36. The Balaban J connectivity index is 2.07. The first-order valence-electron chi connectivity index (χ1n) is 7.92. The van der Waals surface area contributed by atoms with Crippen LogP contribution in [0.15, 0.2) is 17.7 Å². The summed E-state index contributed by atoms with van der Waals surface area (Å²) >= 11 is 1.67. The molecular formula is C17H22N3OS+. The molecule has 1 N–H and O–H groups in total. The highest BCUT2D eigenvalue weighted by Crippen LogP contribution is 2.33.